The van der Waals surface area contributed by atoms with Gasteiger partial charge in [0.2, 0.25) is 0 Å². The summed E-state index contributed by atoms with van der Waals surface area (Å²) in [6.45, 7) is 1.57. The SMILES string of the molecule is CC(N)(CCCCSc1cccs1)C(=O)O. The minimum Gasteiger partial charge on any atom is -0.480 e. The fraction of sp³-hybridized carbons (Fsp3) is 0.545. The number of thioether (sulfide) groups is 1. The van der Waals surface area contributed by atoms with Gasteiger partial charge in [0.1, 0.15) is 5.54 Å². The molecule has 1 aromatic rings. The van der Waals surface area contributed by atoms with Crippen molar-refractivity contribution in [1.82, 2.24) is 0 Å². The predicted molar refractivity (Wildman–Crippen MR) is 69.1 cm³/mol. The maximum atomic E-state index is 10.7. The van der Waals surface area contributed by atoms with E-state index in [1.165, 1.54) is 4.21 Å². The van der Waals surface area contributed by atoms with Gasteiger partial charge in [-0.1, -0.05) is 12.5 Å². The molecule has 90 valence electrons. The van der Waals surface area contributed by atoms with Gasteiger partial charge in [0, 0.05) is 0 Å². The first kappa shape index (κ1) is 13.5. The molecule has 0 aliphatic heterocycles. The van der Waals surface area contributed by atoms with Crippen LogP contribution in [0.1, 0.15) is 26.2 Å². The zero-order chi connectivity index (χ0) is 12.0. The number of nitrogens with two attached hydrogens (primary N) is 1. The lowest BCUT2D eigenvalue weighted by molar-refractivity contribution is -0.142. The Labute approximate surface area is 104 Å². The quantitative estimate of drug-likeness (QED) is 0.584. The van der Waals surface area contributed by atoms with Crippen molar-refractivity contribution >= 4 is 29.1 Å². The lowest BCUT2D eigenvalue weighted by Crippen LogP contribution is -2.44. The molecular formula is C11H17NO2S2. The van der Waals surface area contributed by atoms with Gasteiger partial charge in [-0.15, -0.1) is 23.1 Å². The lowest BCUT2D eigenvalue weighted by Gasteiger charge is -2.18. The van der Waals surface area contributed by atoms with E-state index in [4.69, 9.17) is 10.8 Å². The summed E-state index contributed by atoms with van der Waals surface area (Å²) >= 11 is 3.55. The molecule has 0 fully saturated rings. The topological polar surface area (TPSA) is 63.3 Å². The molecule has 0 aliphatic carbocycles. The molecule has 0 radical (unpaired) electrons. The van der Waals surface area contributed by atoms with E-state index in [-0.39, 0.29) is 0 Å². The number of thiophene rings is 1. The average molecular weight is 259 g/mol. The third-order valence-corrected chi connectivity index (χ3v) is 4.54. The molecule has 1 atom stereocenters. The Balaban J connectivity index is 2.10. The summed E-state index contributed by atoms with van der Waals surface area (Å²) < 4.78 is 1.31. The summed E-state index contributed by atoms with van der Waals surface area (Å²) in [5, 5.41) is 10.9. The first-order valence-corrected chi connectivity index (χ1v) is 7.07. The molecule has 1 heterocycles. The number of carboxylic acid groups (broad SMARTS) is 1. The predicted octanol–water partition coefficient (Wildman–Crippen LogP) is 2.81. The largest absolute Gasteiger partial charge is 0.480 e. The first-order valence-electron chi connectivity index (χ1n) is 5.21. The van der Waals surface area contributed by atoms with Crippen molar-refractivity contribution in [3.63, 3.8) is 0 Å². The van der Waals surface area contributed by atoms with Crippen molar-refractivity contribution in [2.45, 2.75) is 35.9 Å². The van der Waals surface area contributed by atoms with Gasteiger partial charge in [-0.3, -0.25) is 4.79 Å². The molecule has 1 rings (SSSR count). The number of hydrogen-bond acceptors (Lipinski definition) is 4. The summed E-state index contributed by atoms with van der Waals surface area (Å²) in [4.78, 5) is 10.7. The molecule has 3 N–H and O–H groups in total. The highest BCUT2D eigenvalue weighted by Gasteiger charge is 2.26. The molecule has 1 aromatic heterocycles. The van der Waals surface area contributed by atoms with Crippen molar-refractivity contribution in [2.75, 3.05) is 5.75 Å². The third-order valence-electron chi connectivity index (χ3n) is 2.32. The summed E-state index contributed by atoms with van der Waals surface area (Å²) in [6, 6.07) is 4.13. The molecule has 1 unspecified atom stereocenters. The second-order valence-corrected chi connectivity index (χ2v) is 6.30. The summed E-state index contributed by atoms with van der Waals surface area (Å²) in [5.41, 5.74) is 4.56. The van der Waals surface area contributed by atoms with Gasteiger partial charge < -0.3 is 10.8 Å². The highest BCUT2D eigenvalue weighted by atomic mass is 32.2. The Bertz CT molecular complexity index is 323. The Morgan fingerprint density at radius 3 is 2.94 bits per heavy atom. The van der Waals surface area contributed by atoms with E-state index in [2.05, 4.69) is 11.4 Å². The normalized spacial score (nSPS) is 14.6. The number of carboxylic acids is 1. The van der Waals surface area contributed by atoms with E-state index in [1.807, 2.05) is 17.8 Å². The molecule has 5 heteroatoms. The maximum Gasteiger partial charge on any atom is 0.323 e. The third kappa shape index (κ3) is 4.55. The Hall–Kier alpha value is -0.520. The fourth-order valence-electron chi connectivity index (χ4n) is 1.22. The van der Waals surface area contributed by atoms with Crippen LogP contribution in [-0.2, 0) is 4.79 Å². The maximum absolute atomic E-state index is 10.7. The number of carbonyl (C=O) groups is 1. The van der Waals surface area contributed by atoms with Gasteiger partial charge >= 0.3 is 5.97 Å². The summed E-state index contributed by atoms with van der Waals surface area (Å²) in [6.07, 6.45) is 2.40. The molecule has 0 spiro atoms. The molecule has 0 aliphatic rings. The highest BCUT2D eigenvalue weighted by Crippen LogP contribution is 2.24. The van der Waals surface area contributed by atoms with Gasteiger partial charge in [-0.25, -0.2) is 0 Å². The van der Waals surface area contributed by atoms with Crippen LogP contribution in [0.3, 0.4) is 0 Å². The molecule has 3 nitrogen and oxygen atoms in total. The Morgan fingerprint density at radius 2 is 2.38 bits per heavy atom. The summed E-state index contributed by atoms with van der Waals surface area (Å²) in [5.74, 6) is 0.106. The van der Waals surface area contributed by atoms with Crippen molar-refractivity contribution in [3.05, 3.63) is 17.5 Å². The second-order valence-electron chi connectivity index (χ2n) is 3.96. The van der Waals surface area contributed by atoms with Crippen molar-refractivity contribution in [1.29, 1.82) is 0 Å². The Kier molecular flexibility index (Phi) is 5.31. The van der Waals surface area contributed by atoms with Crippen LogP contribution in [0.5, 0.6) is 0 Å². The monoisotopic (exact) mass is 259 g/mol. The van der Waals surface area contributed by atoms with Gasteiger partial charge in [0.15, 0.2) is 0 Å². The zero-order valence-corrected chi connectivity index (χ0v) is 10.9. The summed E-state index contributed by atoms with van der Waals surface area (Å²) in [7, 11) is 0. The molecule has 0 saturated carbocycles. The molecule has 0 saturated heterocycles. The molecular weight excluding hydrogens is 242 g/mol. The first-order chi connectivity index (χ1) is 7.52. The van der Waals surface area contributed by atoms with Gasteiger partial charge in [-0.05, 0) is 37.0 Å². The average Bonchev–Trinajstić information content (AvgIpc) is 2.69. The van der Waals surface area contributed by atoms with E-state index < -0.39 is 11.5 Å². The number of hydrogen-bond donors (Lipinski definition) is 2. The fourth-order valence-corrected chi connectivity index (χ4v) is 3.08. The molecule has 16 heavy (non-hydrogen) atoms. The van der Waals surface area contributed by atoms with Crippen LogP contribution >= 0.6 is 23.1 Å². The molecule has 0 aromatic carbocycles. The lowest BCUT2D eigenvalue weighted by atomic mass is 9.97. The Morgan fingerprint density at radius 1 is 1.62 bits per heavy atom. The van der Waals surface area contributed by atoms with E-state index >= 15 is 0 Å². The molecule has 0 amide bonds. The minimum atomic E-state index is -1.08. The van der Waals surface area contributed by atoms with E-state index in [1.54, 1.807) is 18.3 Å². The second kappa shape index (κ2) is 6.27. The van der Waals surface area contributed by atoms with Crippen LogP contribution in [0.25, 0.3) is 0 Å². The van der Waals surface area contributed by atoms with E-state index in [0.29, 0.717) is 6.42 Å². The smallest absolute Gasteiger partial charge is 0.323 e. The zero-order valence-electron chi connectivity index (χ0n) is 9.31. The minimum absolute atomic E-state index is 0.535. The van der Waals surface area contributed by atoms with E-state index in [0.717, 1.165) is 18.6 Å². The van der Waals surface area contributed by atoms with Gasteiger partial charge in [-0.2, -0.15) is 0 Å². The van der Waals surface area contributed by atoms with Gasteiger partial charge in [0.05, 0.1) is 4.21 Å². The van der Waals surface area contributed by atoms with Crippen LogP contribution in [0, 0.1) is 0 Å². The van der Waals surface area contributed by atoms with Crippen LogP contribution in [0.15, 0.2) is 21.7 Å². The standard InChI is InChI=1S/C11H17NO2S2/c1-11(12,10(13)14)6-2-3-7-15-9-5-4-8-16-9/h4-5,8H,2-3,6-7,12H2,1H3,(H,13,14). The highest BCUT2D eigenvalue weighted by molar-refractivity contribution is 8.01. The number of aliphatic carboxylic acids is 1. The van der Waals surface area contributed by atoms with Crippen LogP contribution in [0.2, 0.25) is 0 Å². The van der Waals surface area contributed by atoms with Crippen molar-refractivity contribution in [2.24, 2.45) is 5.73 Å². The van der Waals surface area contributed by atoms with Gasteiger partial charge in [0.25, 0.3) is 0 Å². The van der Waals surface area contributed by atoms with Crippen molar-refractivity contribution in [3.8, 4) is 0 Å². The van der Waals surface area contributed by atoms with Crippen molar-refractivity contribution < 1.29 is 9.90 Å². The van der Waals surface area contributed by atoms with E-state index in [9.17, 15) is 4.79 Å². The van der Waals surface area contributed by atoms with Crippen LogP contribution in [-0.4, -0.2) is 22.4 Å². The molecule has 0 bridgehead atoms. The number of rotatable bonds is 7. The van der Waals surface area contributed by atoms with Crippen LogP contribution in [0.4, 0.5) is 0 Å². The van der Waals surface area contributed by atoms with Crippen LogP contribution < -0.4 is 5.73 Å². The number of unbranched alkanes of at least 4 members (excludes halogenated alkanes) is 1.